The number of hydrogen-bond donors (Lipinski definition) is 0. The number of hydrogen-bond acceptors (Lipinski definition) is 4. The predicted octanol–water partition coefficient (Wildman–Crippen LogP) is 3.68. The molecule has 1 fully saturated rings. The number of benzene rings is 2. The molecule has 1 amide bonds. The second-order valence-corrected chi connectivity index (χ2v) is 9.24. The van der Waals surface area contributed by atoms with E-state index in [-0.39, 0.29) is 22.7 Å². The van der Waals surface area contributed by atoms with Gasteiger partial charge in [0.25, 0.3) is 5.91 Å². The molecule has 3 rings (SSSR count). The lowest BCUT2D eigenvalue weighted by Crippen LogP contribution is -2.42. The van der Waals surface area contributed by atoms with Gasteiger partial charge in [-0.25, -0.2) is 17.2 Å². The lowest BCUT2D eigenvalue weighted by molar-refractivity contribution is 0.0588. The van der Waals surface area contributed by atoms with Crippen LogP contribution in [0.1, 0.15) is 37.0 Å². The van der Waals surface area contributed by atoms with Gasteiger partial charge in [0.2, 0.25) is 10.0 Å². The highest BCUT2D eigenvalue weighted by Crippen LogP contribution is 2.24. The summed E-state index contributed by atoms with van der Waals surface area (Å²) < 4.78 is 59.3. The molecule has 31 heavy (non-hydrogen) atoms. The SMILES string of the molecule is CCN(CC)S(=O)(=O)c1cccc(C(=O)N2CCC(Oc3ccc(F)cc3F)CC2)c1. The number of carbonyl (C=O) groups is 1. The third-order valence-corrected chi connectivity index (χ3v) is 7.39. The summed E-state index contributed by atoms with van der Waals surface area (Å²) in [5.74, 6) is -1.70. The van der Waals surface area contributed by atoms with E-state index in [0.717, 1.165) is 12.1 Å². The molecular formula is C22H26F2N2O4S. The third-order valence-electron chi connectivity index (χ3n) is 5.34. The molecule has 0 saturated carbocycles. The zero-order valence-electron chi connectivity index (χ0n) is 17.6. The fourth-order valence-electron chi connectivity index (χ4n) is 3.61. The first kappa shape index (κ1) is 23.1. The Morgan fingerprint density at radius 1 is 1.10 bits per heavy atom. The maximum atomic E-state index is 13.8. The second-order valence-electron chi connectivity index (χ2n) is 7.30. The van der Waals surface area contributed by atoms with E-state index in [1.807, 2.05) is 0 Å². The average Bonchev–Trinajstić information content (AvgIpc) is 2.76. The van der Waals surface area contributed by atoms with Crippen molar-refractivity contribution in [1.29, 1.82) is 0 Å². The molecule has 1 saturated heterocycles. The van der Waals surface area contributed by atoms with Crippen LogP contribution in [0, 0.1) is 11.6 Å². The van der Waals surface area contributed by atoms with Crippen molar-refractivity contribution >= 4 is 15.9 Å². The van der Waals surface area contributed by atoms with Crippen LogP contribution in [0.3, 0.4) is 0 Å². The lowest BCUT2D eigenvalue weighted by atomic mass is 10.1. The van der Waals surface area contributed by atoms with Crippen molar-refractivity contribution in [3.63, 3.8) is 0 Å². The minimum absolute atomic E-state index is 0.0134. The number of nitrogens with zero attached hydrogens (tertiary/aromatic N) is 2. The second kappa shape index (κ2) is 9.74. The molecule has 0 atom stereocenters. The largest absolute Gasteiger partial charge is 0.487 e. The fourth-order valence-corrected chi connectivity index (χ4v) is 5.12. The minimum atomic E-state index is -3.66. The first-order valence-corrected chi connectivity index (χ1v) is 11.7. The van der Waals surface area contributed by atoms with Crippen LogP contribution < -0.4 is 4.74 Å². The zero-order valence-corrected chi connectivity index (χ0v) is 18.4. The van der Waals surface area contributed by atoms with Gasteiger partial charge in [-0.05, 0) is 30.3 Å². The van der Waals surface area contributed by atoms with E-state index in [4.69, 9.17) is 4.74 Å². The highest BCUT2D eigenvalue weighted by atomic mass is 32.2. The molecule has 1 heterocycles. The fraction of sp³-hybridized carbons (Fsp3) is 0.409. The maximum absolute atomic E-state index is 13.8. The van der Waals surface area contributed by atoms with Gasteiger partial charge in [-0.3, -0.25) is 4.79 Å². The van der Waals surface area contributed by atoms with E-state index in [1.54, 1.807) is 30.9 Å². The van der Waals surface area contributed by atoms with Crippen molar-refractivity contribution in [2.45, 2.75) is 37.7 Å². The summed E-state index contributed by atoms with van der Waals surface area (Å²) in [6.07, 6.45) is 0.679. The van der Waals surface area contributed by atoms with Crippen LogP contribution >= 0.6 is 0 Å². The summed E-state index contributed by atoms with van der Waals surface area (Å²) in [6.45, 7) is 5.00. The molecule has 0 radical (unpaired) electrons. The molecule has 0 aromatic heterocycles. The number of amides is 1. The summed E-state index contributed by atoms with van der Waals surface area (Å²) in [7, 11) is -3.66. The van der Waals surface area contributed by atoms with Crippen LogP contribution in [-0.4, -0.2) is 55.8 Å². The van der Waals surface area contributed by atoms with Gasteiger partial charge in [0.1, 0.15) is 11.9 Å². The first-order valence-electron chi connectivity index (χ1n) is 10.3. The van der Waals surface area contributed by atoms with E-state index in [0.29, 0.717) is 44.6 Å². The summed E-state index contributed by atoms with van der Waals surface area (Å²) >= 11 is 0. The van der Waals surface area contributed by atoms with Crippen LogP contribution in [0.2, 0.25) is 0 Å². The van der Waals surface area contributed by atoms with Gasteiger partial charge >= 0.3 is 0 Å². The molecule has 2 aromatic carbocycles. The minimum Gasteiger partial charge on any atom is -0.487 e. The monoisotopic (exact) mass is 452 g/mol. The van der Waals surface area contributed by atoms with Gasteiger partial charge in [-0.1, -0.05) is 19.9 Å². The molecule has 1 aliphatic heterocycles. The van der Waals surface area contributed by atoms with Crippen LogP contribution in [0.4, 0.5) is 8.78 Å². The van der Waals surface area contributed by atoms with Crippen LogP contribution in [-0.2, 0) is 10.0 Å². The Morgan fingerprint density at radius 3 is 2.39 bits per heavy atom. The summed E-state index contributed by atoms with van der Waals surface area (Å²) in [5.41, 5.74) is 0.303. The maximum Gasteiger partial charge on any atom is 0.253 e. The topological polar surface area (TPSA) is 66.9 Å². The average molecular weight is 453 g/mol. The number of sulfonamides is 1. The Balaban J connectivity index is 1.66. The molecule has 9 heteroatoms. The normalized spacial score (nSPS) is 15.3. The van der Waals surface area contributed by atoms with Crippen LogP contribution in [0.25, 0.3) is 0 Å². The Morgan fingerprint density at radius 2 is 1.77 bits per heavy atom. The molecule has 6 nitrogen and oxygen atoms in total. The number of rotatable bonds is 7. The predicted molar refractivity (Wildman–Crippen MR) is 112 cm³/mol. The number of ether oxygens (including phenoxy) is 1. The molecular weight excluding hydrogens is 426 g/mol. The smallest absolute Gasteiger partial charge is 0.253 e. The van der Waals surface area contributed by atoms with Gasteiger partial charge in [-0.15, -0.1) is 0 Å². The van der Waals surface area contributed by atoms with Gasteiger partial charge < -0.3 is 9.64 Å². The van der Waals surface area contributed by atoms with E-state index >= 15 is 0 Å². The lowest BCUT2D eigenvalue weighted by Gasteiger charge is -2.32. The van der Waals surface area contributed by atoms with Crippen molar-refractivity contribution in [3.8, 4) is 5.75 Å². The molecule has 0 aliphatic carbocycles. The quantitative estimate of drug-likeness (QED) is 0.643. The molecule has 1 aliphatic rings. The van der Waals surface area contributed by atoms with E-state index in [2.05, 4.69) is 0 Å². The molecule has 168 valence electrons. The Hall–Kier alpha value is -2.52. The summed E-state index contributed by atoms with van der Waals surface area (Å²) in [6, 6.07) is 9.22. The summed E-state index contributed by atoms with van der Waals surface area (Å²) in [4.78, 5) is 14.6. The van der Waals surface area contributed by atoms with Crippen molar-refractivity contribution in [2.24, 2.45) is 0 Å². The zero-order chi connectivity index (χ0) is 22.6. The Labute approximate surface area is 181 Å². The summed E-state index contributed by atoms with van der Waals surface area (Å²) in [5, 5.41) is 0. The third kappa shape index (κ3) is 5.22. The molecule has 0 N–H and O–H groups in total. The van der Waals surface area contributed by atoms with E-state index in [1.165, 1.54) is 22.5 Å². The van der Waals surface area contributed by atoms with Gasteiger partial charge in [-0.2, -0.15) is 4.31 Å². The van der Waals surface area contributed by atoms with Gasteiger partial charge in [0.05, 0.1) is 4.90 Å². The Bertz CT molecular complexity index is 1030. The Kier molecular flexibility index (Phi) is 7.27. The standard InChI is InChI=1S/C22H26F2N2O4S/c1-3-26(4-2)31(28,29)19-7-5-6-16(14-19)22(27)25-12-10-18(11-13-25)30-21-9-8-17(23)15-20(21)24/h5-9,14-15,18H,3-4,10-13H2,1-2H3. The molecule has 0 spiro atoms. The van der Waals surface area contributed by atoms with Crippen molar-refractivity contribution in [2.75, 3.05) is 26.2 Å². The molecule has 0 bridgehead atoms. The van der Waals surface area contributed by atoms with Gasteiger partial charge in [0.15, 0.2) is 11.6 Å². The number of likely N-dealkylation sites (tertiary alicyclic amines) is 1. The van der Waals surface area contributed by atoms with Crippen molar-refractivity contribution < 1.29 is 26.7 Å². The van der Waals surface area contributed by atoms with E-state index in [9.17, 15) is 22.0 Å². The van der Waals surface area contributed by atoms with Crippen molar-refractivity contribution in [3.05, 3.63) is 59.7 Å². The van der Waals surface area contributed by atoms with Crippen LogP contribution in [0.5, 0.6) is 5.75 Å². The molecule has 0 unspecified atom stereocenters. The highest BCUT2D eigenvalue weighted by molar-refractivity contribution is 7.89. The number of piperidine rings is 1. The first-order chi connectivity index (χ1) is 14.8. The van der Waals surface area contributed by atoms with Crippen molar-refractivity contribution in [1.82, 2.24) is 9.21 Å². The number of halogens is 2. The van der Waals surface area contributed by atoms with Crippen LogP contribution in [0.15, 0.2) is 47.4 Å². The molecule has 2 aromatic rings. The van der Waals surface area contributed by atoms with E-state index < -0.39 is 21.7 Å². The number of carbonyl (C=O) groups excluding carboxylic acids is 1. The highest BCUT2D eigenvalue weighted by Gasteiger charge is 2.27. The van der Waals surface area contributed by atoms with Gasteiger partial charge in [0, 0.05) is 50.7 Å².